The fourth-order valence-electron chi connectivity index (χ4n) is 13.0. The highest BCUT2D eigenvalue weighted by atomic mass is 32.2. The number of carboxylic acids is 1. The van der Waals surface area contributed by atoms with E-state index in [1.807, 2.05) is 57.2 Å². The fraction of sp³-hybridized carbons (Fsp3) is 0.438. The van der Waals surface area contributed by atoms with E-state index in [0.29, 0.717) is 56.6 Å². The van der Waals surface area contributed by atoms with Crippen LogP contribution in [0.4, 0.5) is 4.39 Å². The molecule has 10 atom stereocenters. The van der Waals surface area contributed by atoms with Crippen LogP contribution in [0.15, 0.2) is 108 Å². The number of halogens is 1. The van der Waals surface area contributed by atoms with Crippen molar-refractivity contribution >= 4 is 94.5 Å². The molecule has 0 bridgehead atoms. The molecular formula is C80H100FN19O19S. The minimum atomic E-state index is -2.42. The highest BCUT2D eigenvalue weighted by molar-refractivity contribution is 8.00. The summed E-state index contributed by atoms with van der Waals surface area (Å²) in [7, 11) is 0. The lowest BCUT2D eigenvalue weighted by atomic mass is 9.90. The number of hydrogen-bond acceptors (Lipinski definition) is 23. The maximum atomic E-state index is 15.6. The normalized spacial score (nSPS) is 14.3. The van der Waals surface area contributed by atoms with Crippen molar-refractivity contribution in [2.24, 2.45) is 10.8 Å². The van der Waals surface area contributed by atoms with Gasteiger partial charge in [0.25, 0.3) is 11.8 Å². The molecule has 1 aliphatic heterocycles. The van der Waals surface area contributed by atoms with Gasteiger partial charge in [0.05, 0.1) is 61.0 Å². The lowest BCUT2D eigenvalue weighted by Crippen LogP contribution is -2.67. The van der Waals surface area contributed by atoms with Gasteiger partial charge in [-0.15, -0.1) is 22.0 Å². The monoisotopic (exact) mass is 1680 g/mol. The Balaban J connectivity index is 1.00. The molecular weight excluding hydrogens is 1580 g/mol. The minimum Gasteiger partial charge on any atom is -0.494 e. The van der Waals surface area contributed by atoms with Crippen molar-refractivity contribution < 1.29 is 96.7 Å². The van der Waals surface area contributed by atoms with Crippen molar-refractivity contribution in [3.63, 3.8) is 0 Å². The number of aliphatic hydroxyl groups excluding tert-OH is 3. The van der Waals surface area contributed by atoms with E-state index in [1.54, 1.807) is 49.4 Å². The second-order valence-electron chi connectivity index (χ2n) is 29.0. The van der Waals surface area contributed by atoms with Crippen molar-refractivity contribution in [3.05, 3.63) is 175 Å². The summed E-state index contributed by atoms with van der Waals surface area (Å²) < 4.78 is 21.5. The summed E-state index contributed by atoms with van der Waals surface area (Å²) in [5, 5.41) is 83.2. The van der Waals surface area contributed by atoms with Crippen molar-refractivity contribution in [1.29, 1.82) is 0 Å². The van der Waals surface area contributed by atoms with Crippen molar-refractivity contribution in [2.75, 3.05) is 50.9 Å². The number of carboxylic acid groups (broad SMARTS) is 1. The summed E-state index contributed by atoms with van der Waals surface area (Å²) >= 11 is 0.843. The molecule has 0 aliphatic carbocycles. The van der Waals surface area contributed by atoms with E-state index < -0.39 is 181 Å². The van der Waals surface area contributed by atoms with Crippen LogP contribution in [-0.2, 0) is 89.6 Å². The molecule has 0 saturated carbocycles. The number of amides is 13. The smallest absolute Gasteiger partial charge is 0.305 e. The van der Waals surface area contributed by atoms with E-state index >= 15 is 4.39 Å². The van der Waals surface area contributed by atoms with Gasteiger partial charge in [-0.05, 0) is 149 Å². The molecule has 642 valence electrons. The Morgan fingerprint density at radius 1 is 0.658 bits per heavy atom. The minimum absolute atomic E-state index is 0.0611. The molecule has 7 rings (SSSR count). The number of aryl methyl sites for hydroxylation is 5. The topological polar surface area (TPSA) is 582 Å². The number of ether oxygens (including phenoxy) is 1. The Kier molecular flexibility index (Phi) is 36.0. The van der Waals surface area contributed by atoms with Crippen LogP contribution in [0.2, 0.25) is 0 Å². The largest absolute Gasteiger partial charge is 0.494 e. The molecule has 13 amide bonds. The van der Waals surface area contributed by atoms with E-state index in [4.69, 9.17) is 16.0 Å². The molecule has 17 N–H and O–H groups in total. The van der Waals surface area contributed by atoms with Crippen LogP contribution in [0.3, 0.4) is 0 Å². The molecule has 120 heavy (non-hydrogen) atoms. The third kappa shape index (κ3) is 28.5. The number of aromatic nitrogens is 4. The Bertz CT molecular complexity index is 4720. The Morgan fingerprint density at radius 2 is 1.29 bits per heavy atom. The van der Waals surface area contributed by atoms with Gasteiger partial charge in [-0.1, -0.05) is 107 Å². The molecule has 0 fully saturated rings. The molecule has 5 aromatic carbocycles. The molecule has 0 unspecified atom stereocenters. The number of nitrogens with one attached hydrogen (secondary N) is 11. The van der Waals surface area contributed by atoms with Gasteiger partial charge in [-0.25, -0.2) is 4.39 Å². The molecule has 1 aliphatic rings. The number of primary amides is 1. The first-order valence-corrected chi connectivity index (χ1v) is 39.7. The number of carbonyl (C=O) groups is 14. The number of thioether (sulfide) groups is 1. The van der Waals surface area contributed by atoms with Crippen molar-refractivity contribution in [2.45, 2.75) is 173 Å². The van der Waals surface area contributed by atoms with Crippen molar-refractivity contribution in [3.8, 4) is 16.9 Å². The quantitative estimate of drug-likeness (QED) is 0.00801. The first kappa shape index (κ1) is 94.4. The number of nitrogens with zero attached hydrogens (tertiary/aromatic N) is 7. The Morgan fingerprint density at radius 3 is 1.94 bits per heavy atom. The third-order valence-electron chi connectivity index (χ3n) is 19.1. The number of carbonyl (C=O) groups excluding carboxylic acids is 13. The molecule has 1 aromatic heterocycles. The SMILES string of the molecule is CCc1cc(OCCCCN=[N+]=[N-])ccc1-c1ccc(C[C@H](NC(=O)[C@H](CC(=O)O)NC(=O)[C@H](CO)NC(=O)[C@@H](NC(=O)[C@](C)(Cc2ccccc2F)NC(=O)[C@@H](NC(=O)CNC(=O)[C@H](Cc2nn[nH]n2)NC(=O)CSCC(=O)NCCN2C(=O)c3ccc(C)cc3C2=O)[C@@H](C)O)[C@@H](C)O)C(=O)N[C@@H](CCCc2cc(C)cc(C)c2)C(N)=O)cc1. The zero-order valence-corrected chi connectivity index (χ0v) is 68.0. The van der Waals surface area contributed by atoms with Crippen LogP contribution in [0.1, 0.15) is 125 Å². The number of unbranched alkanes of at least 4 members (excludes halogenated alkanes) is 1. The summed E-state index contributed by atoms with van der Waals surface area (Å²) in [4.78, 5) is 195. The summed E-state index contributed by atoms with van der Waals surface area (Å²) in [5.41, 5.74) is 19.1. The van der Waals surface area contributed by atoms with Crippen LogP contribution in [0, 0.1) is 26.6 Å². The van der Waals surface area contributed by atoms with Crippen LogP contribution in [-0.4, -0.2) is 240 Å². The maximum Gasteiger partial charge on any atom is 0.305 e. The number of tetrazole rings is 1. The Labute approximate surface area is 693 Å². The number of nitrogens with two attached hydrogens (primary N) is 1. The first-order valence-electron chi connectivity index (χ1n) is 38.5. The number of imide groups is 1. The van der Waals surface area contributed by atoms with Crippen LogP contribution in [0.5, 0.6) is 5.75 Å². The summed E-state index contributed by atoms with van der Waals surface area (Å²) in [6.07, 6.45) is -3.46. The summed E-state index contributed by atoms with van der Waals surface area (Å²) in [6.45, 7) is 9.03. The van der Waals surface area contributed by atoms with E-state index in [1.165, 1.54) is 18.2 Å². The van der Waals surface area contributed by atoms with E-state index in [9.17, 15) is 87.5 Å². The average Bonchev–Trinajstić information content (AvgIpc) is 1.64. The molecule has 2 heterocycles. The zero-order valence-electron chi connectivity index (χ0n) is 67.1. The predicted molar refractivity (Wildman–Crippen MR) is 432 cm³/mol. The number of aromatic amines is 1. The van der Waals surface area contributed by atoms with Gasteiger partial charge in [0.15, 0.2) is 5.82 Å². The fourth-order valence-corrected chi connectivity index (χ4v) is 13.6. The van der Waals surface area contributed by atoms with Crippen LogP contribution < -0.4 is 63.6 Å². The number of aliphatic hydroxyl groups is 3. The second kappa shape index (κ2) is 45.8. The Hall–Kier alpha value is -12.8. The number of hydrogen-bond donors (Lipinski definition) is 16. The van der Waals surface area contributed by atoms with E-state index in [2.05, 4.69) is 83.8 Å². The van der Waals surface area contributed by atoms with Gasteiger partial charge in [0, 0.05) is 43.8 Å². The maximum absolute atomic E-state index is 15.6. The number of rotatable bonds is 48. The van der Waals surface area contributed by atoms with Crippen LogP contribution in [0.25, 0.3) is 21.6 Å². The number of fused-ring (bicyclic) bond motifs is 1. The molecule has 0 spiro atoms. The molecule has 6 aromatic rings. The molecule has 0 radical (unpaired) electrons. The lowest BCUT2D eigenvalue weighted by Gasteiger charge is -2.34. The molecule has 0 saturated heterocycles. The van der Waals surface area contributed by atoms with Crippen LogP contribution >= 0.6 is 11.8 Å². The summed E-state index contributed by atoms with van der Waals surface area (Å²) in [6, 6.07) is 15.6. The van der Waals surface area contributed by atoms with Gasteiger partial charge in [0.2, 0.25) is 65.0 Å². The van der Waals surface area contributed by atoms with Gasteiger partial charge in [0.1, 0.15) is 59.4 Å². The lowest BCUT2D eigenvalue weighted by molar-refractivity contribution is -0.142. The third-order valence-corrected chi connectivity index (χ3v) is 20.1. The molecule has 40 heteroatoms. The van der Waals surface area contributed by atoms with E-state index in [0.717, 1.165) is 82.4 Å². The molecule has 38 nitrogen and oxygen atoms in total. The average molecular weight is 1680 g/mol. The number of aliphatic carboxylic acids is 1. The highest BCUT2D eigenvalue weighted by Crippen LogP contribution is 2.30. The number of azide groups is 1. The number of H-pyrrole nitrogens is 1. The number of benzene rings is 5. The zero-order chi connectivity index (χ0) is 87.9. The van der Waals surface area contributed by atoms with Gasteiger partial charge in [-0.3, -0.25) is 72.0 Å². The predicted octanol–water partition coefficient (Wildman–Crippen LogP) is 0.258. The van der Waals surface area contributed by atoms with E-state index in [-0.39, 0.29) is 60.0 Å². The second-order valence-corrected chi connectivity index (χ2v) is 30.0. The standard InChI is InChI=1S/C80H100FN19O19S/c1-8-50-35-53(119-29-12-11-26-86-97-83)23-25-54(50)51-21-19-48(20-22-51)34-59(72(111)88-58(70(82)109)17-13-14-49-31-44(3)30-45(4)32-49)89-73(112)61(37-67(107)108)90-74(113)62(40-101)91-75(114)68(46(5)102)93-79(118)80(7,38-52-15-9-10-16-57(52)81)94-76(115)69(47(6)103)92-64(104)39-85-71(110)60(36-63-95-98-99-96-63)87-66(106)42-120-41-65(105)84-27-28-100-77(116)55-24-18-43(2)33-56(55)78(100)117/h9-10,15-16,18-25,30-33,35,46-47,58-62,68-69,101-103H,8,11-14,17,26-29,34,36-42H2,1-7H3,(H2,82,109)(H,84,105)(H,85,110)(H,87,106)(H,88,111)(H,89,112)(H,90,113)(H,91,114)(H,92,104)(H,93,118)(H,94,115)(H,107,108)(H,95,96,98,99)/t46-,47-,58+,59+,60+,61+,62+,68+,69+,80+/m1/s1. The highest BCUT2D eigenvalue weighted by Gasteiger charge is 2.43. The van der Waals surface area contributed by atoms with Gasteiger partial charge in [-0.2, -0.15) is 5.21 Å². The van der Waals surface area contributed by atoms with Gasteiger partial charge >= 0.3 is 5.97 Å². The van der Waals surface area contributed by atoms with Crippen molar-refractivity contribution in [1.82, 2.24) is 78.7 Å². The van der Waals surface area contributed by atoms with Gasteiger partial charge < -0.3 is 84.1 Å². The summed E-state index contributed by atoms with van der Waals surface area (Å²) in [5.74, 6) is -15.7. The first-order chi connectivity index (χ1) is 57.1.